The average Bonchev–Trinajstić information content (AvgIpc) is 2.26. The highest BCUT2D eigenvalue weighted by molar-refractivity contribution is 7.08. The molecule has 0 saturated carbocycles. The number of nitrogens with zero attached hydrogens (tertiary/aromatic N) is 3. The minimum atomic E-state index is 0.0364. The summed E-state index contributed by atoms with van der Waals surface area (Å²) in [5.41, 5.74) is 0. The Hall–Kier alpha value is -0.680. The molecule has 12 heavy (non-hydrogen) atoms. The molecular formula is C7H13N3OS. The van der Waals surface area contributed by atoms with E-state index >= 15 is 0 Å². The Labute approximate surface area is 75.4 Å². The first kappa shape index (κ1) is 9.41. The minimum absolute atomic E-state index is 0.0364. The van der Waals surface area contributed by atoms with Crippen molar-refractivity contribution in [3.05, 3.63) is 14.7 Å². The van der Waals surface area contributed by atoms with Crippen molar-refractivity contribution in [2.45, 2.75) is 13.5 Å². The molecule has 0 atom stereocenters. The number of aryl methyl sites for hydroxylation is 1. The van der Waals surface area contributed by atoms with Crippen molar-refractivity contribution in [3.8, 4) is 0 Å². The van der Waals surface area contributed by atoms with E-state index in [9.17, 15) is 4.79 Å². The summed E-state index contributed by atoms with van der Waals surface area (Å²) in [4.78, 5) is 13.2. The molecule has 5 heteroatoms. The maximum absolute atomic E-state index is 11.2. The van der Waals surface area contributed by atoms with E-state index in [1.165, 1.54) is 16.0 Å². The SMILES string of the molecule is Cc1nn(CCN(C)C)c(=O)s1. The topological polar surface area (TPSA) is 38.1 Å². The van der Waals surface area contributed by atoms with Crippen LogP contribution in [0.1, 0.15) is 5.01 Å². The number of hydrogen-bond acceptors (Lipinski definition) is 4. The summed E-state index contributed by atoms with van der Waals surface area (Å²) in [5.74, 6) is 0. The largest absolute Gasteiger partial charge is 0.325 e. The van der Waals surface area contributed by atoms with Crippen LogP contribution in [0.3, 0.4) is 0 Å². The van der Waals surface area contributed by atoms with Gasteiger partial charge < -0.3 is 4.90 Å². The van der Waals surface area contributed by atoms with Crippen LogP contribution in [-0.2, 0) is 6.54 Å². The van der Waals surface area contributed by atoms with Crippen molar-refractivity contribution < 1.29 is 0 Å². The van der Waals surface area contributed by atoms with Crippen molar-refractivity contribution in [2.75, 3.05) is 20.6 Å². The highest BCUT2D eigenvalue weighted by Gasteiger charge is 2.01. The Bertz CT molecular complexity index is 302. The van der Waals surface area contributed by atoms with Crippen LogP contribution in [0.15, 0.2) is 4.79 Å². The van der Waals surface area contributed by atoms with Gasteiger partial charge in [0.1, 0.15) is 5.01 Å². The van der Waals surface area contributed by atoms with Crippen LogP contribution in [0.25, 0.3) is 0 Å². The van der Waals surface area contributed by atoms with E-state index in [2.05, 4.69) is 5.10 Å². The lowest BCUT2D eigenvalue weighted by molar-refractivity contribution is 0.370. The molecule has 1 aromatic rings. The van der Waals surface area contributed by atoms with E-state index in [0.29, 0.717) is 6.54 Å². The normalized spacial score (nSPS) is 11.0. The molecule has 0 aliphatic rings. The highest BCUT2D eigenvalue weighted by atomic mass is 32.1. The van der Waals surface area contributed by atoms with Gasteiger partial charge in [-0.25, -0.2) is 4.68 Å². The highest BCUT2D eigenvalue weighted by Crippen LogP contribution is 1.94. The van der Waals surface area contributed by atoms with Crippen molar-refractivity contribution in [1.29, 1.82) is 0 Å². The second-order valence-electron chi connectivity index (χ2n) is 2.91. The van der Waals surface area contributed by atoms with Crippen molar-refractivity contribution in [2.24, 2.45) is 0 Å². The Balaban J connectivity index is 2.63. The number of aromatic nitrogens is 2. The third-order valence-corrected chi connectivity index (χ3v) is 2.23. The van der Waals surface area contributed by atoms with Gasteiger partial charge >= 0.3 is 4.87 Å². The molecule has 0 unspecified atom stereocenters. The average molecular weight is 187 g/mol. The van der Waals surface area contributed by atoms with Crippen LogP contribution in [0, 0.1) is 6.92 Å². The molecule has 0 amide bonds. The predicted octanol–water partition coefficient (Wildman–Crippen LogP) is 0.175. The molecule has 1 rings (SSSR count). The van der Waals surface area contributed by atoms with Gasteiger partial charge in [0.2, 0.25) is 0 Å². The number of likely N-dealkylation sites (N-methyl/N-ethyl adjacent to an activating group) is 1. The lowest BCUT2D eigenvalue weighted by atomic mass is 10.6. The second-order valence-corrected chi connectivity index (χ2v) is 4.06. The standard InChI is InChI=1S/C7H13N3OS/c1-6-8-10(7(11)12-6)5-4-9(2)3/h4-5H2,1-3H3. The zero-order valence-corrected chi connectivity index (χ0v) is 8.39. The van der Waals surface area contributed by atoms with E-state index in [1.54, 1.807) is 0 Å². The molecule has 1 heterocycles. The molecule has 0 radical (unpaired) electrons. The monoisotopic (exact) mass is 187 g/mol. The zero-order chi connectivity index (χ0) is 9.14. The van der Waals surface area contributed by atoms with E-state index in [-0.39, 0.29) is 4.87 Å². The smallest absolute Gasteiger partial charge is 0.308 e. The molecule has 0 N–H and O–H groups in total. The first-order valence-corrected chi connectivity index (χ1v) is 4.60. The number of rotatable bonds is 3. The van der Waals surface area contributed by atoms with Gasteiger partial charge in [0, 0.05) is 6.54 Å². The van der Waals surface area contributed by atoms with Gasteiger partial charge in [-0.15, -0.1) is 0 Å². The lowest BCUT2D eigenvalue weighted by Gasteiger charge is -2.07. The molecule has 0 aromatic carbocycles. The molecular weight excluding hydrogens is 174 g/mol. The van der Waals surface area contributed by atoms with Crippen molar-refractivity contribution >= 4 is 11.3 Å². The molecule has 0 aliphatic heterocycles. The van der Waals surface area contributed by atoms with Crippen LogP contribution < -0.4 is 4.87 Å². The molecule has 0 bridgehead atoms. The Morgan fingerprint density at radius 1 is 1.58 bits per heavy atom. The van der Waals surface area contributed by atoms with Crippen LogP contribution in [0.2, 0.25) is 0 Å². The van der Waals surface area contributed by atoms with Gasteiger partial charge in [-0.05, 0) is 21.0 Å². The van der Waals surface area contributed by atoms with Crippen LogP contribution in [0.4, 0.5) is 0 Å². The van der Waals surface area contributed by atoms with E-state index in [0.717, 1.165) is 11.6 Å². The molecule has 4 nitrogen and oxygen atoms in total. The first-order chi connectivity index (χ1) is 5.59. The first-order valence-electron chi connectivity index (χ1n) is 3.79. The summed E-state index contributed by atoms with van der Waals surface area (Å²) in [5, 5.41) is 4.91. The Morgan fingerprint density at radius 3 is 2.67 bits per heavy atom. The Kier molecular flexibility index (Phi) is 2.99. The van der Waals surface area contributed by atoms with E-state index in [4.69, 9.17) is 0 Å². The van der Waals surface area contributed by atoms with Gasteiger partial charge in [0.05, 0.1) is 6.54 Å². The summed E-state index contributed by atoms with van der Waals surface area (Å²) in [6.07, 6.45) is 0. The zero-order valence-electron chi connectivity index (χ0n) is 7.57. The minimum Gasteiger partial charge on any atom is -0.308 e. The summed E-state index contributed by atoms with van der Waals surface area (Å²) < 4.78 is 1.51. The fraction of sp³-hybridized carbons (Fsp3) is 0.714. The van der Waals surface area contributed by atoms with Crippen LogP contribution in [-0.4, -0.2) is 35.3 Å². The molecule has 68 valence electrons. The molecule has 0 aliphatic carbocycles. The fourth-order valence-electron chi connectivity index (χ4n) is 0.846. The Morgan fingerprint density at radius 2 is 2.25 bits per heavy atom. The summed E-state index contributed by atoms with van der Waals surface area (Å²) in [7, 11) is 3.95. The second kappa shape index (κ2) is 3.82. The van der Waals surface area contributed by atoms with Gasteiger partial charge in [0.25, 0.3) is 0 Å². The maximum Gasteiger partial charge on any atom is 0.325 e. The third-order valence-electron chi connectivity index (χ3n) is 1.47. The van der Waals surface area contributed by atoms with Crippen molar-refractivity contribution in [1.82, 2.24) is 14.7 Å². The quantitative estimate of drug-likeness (QED) is 0.677. The predicted molar refractivity (Wildman–Crippen MR) is 49.7 cm³/mol. The van der Waals surface area contributed by atoms with Gasteiger partial charge in [-0.1, -0.05) is 11.3 Å². The summed E-state index contributed by atoms with van der Waals surface area (Å²) in [6, 6.07) is 0. The maximum atomic E-state index is 11.2. The van der Waals surface area contributed by atoms with E-state index < -0.39 is 0 Å². The fourth-order valence-corrected chi connectivity index (χ4v) is 1.48. The third kappa shape index (κ3) is 2.42. The molecule has 0 spiro atoms. The summed E-state index contributed by atoms with van der Waals surface area (Å²) in [6.45, 7) is 3.37. The van der Waals surface area contributed by atoms with Crippen molar-refractivity contribution in [3.63, 3.8) is 0 Å². The van der Waals surface area contributed by atoms with Crippen LogP contribution >= 0.6 is 11.3 Å². The van der Waals surface area contributed by atoms with Gasteiger partial charge in [0.15, 0.2) is 0 Å². The molecule has 0 saturated heterocycles. The molecule has 1 aromatic heterocycles. The number of hydrogen-bond donors (Lipinski definition) is 0. The van der Waals surface area contributed by atoms with Crippen LogP contribution in [0.5, 0.6) is 0 Å². The van der Waals surface area contributed by atoms with Gasteiger partial charge in [-0.2, -0.15) is 5.10 Å². The van der Waals surface area contributed by atoms with Gasteiger partial charge in [-0.3, -0.25) is 4.79 Å². The summed E-state index contributed by atoms with van der Waals surface area (Å²) >= 11 is 1.20. The van der Waals surface area contributed by atoms with E-state index in [1.807, 2.05) is 25.9 Å². The lowest BCUT2D eigenvalue weighted by Crippen LogP contribution is -2.24. The molecule has 0 fully saturated rings.